The van der Waals surface area contributed by atoms with Crippen LogP contribution in [0.3, 0.4) is 0 Å². The maximum absolute atomic E-state index is 13.7. The van der Waals surface area contributed by atoms with Crippen LogP contribution < -0.4 is 10.6 Å². The van der Waals surface area contributed by atoms with Crippen molar-refractivity contribution < 1.29 is 33.8 Å². The fourth-order valence-electron chi connectivity index (χ4n) is 5.11. The van der Waals surface area contributed by atoms with Gasteiger partial charge in [-0.05, 0) is 51.2 Å². The van der Waals surface area contributed by atoms with Crippen LogP contribution in [-0.4, -0.2) is 80.2 Å². The highest BCUT2D eigenvalue weighted by atomic mass is 16.6. The van der Waals surface area contributed by atoms with E-state index in [-0.39, 0.29) is 26.0 Å². The number of benzene rings is 2. The standard InChI is InChI=1S/C33H41N5O7/c1-33(2,3)45-31(42)27-15-10-16-38(27)30(41)28(39)25(17-22-11-6-4-7-12-22)36-29(40)26(18-24-19-34-21-35-24)37-32(43)44-20-23-13-8-5-9-14-23/h4-9,11-14,19,21,25-28,39H,10,15-18,20H2,1-3H3,(H,34,35)(H,36,40)(H,37,43)/t25?,26-,27-,28?/m0/s1. The SMILES string of the molecule is CC(C)(C)OC(=O)[C@@H]1CCCN1C(=O)C(O)C(Cc1ccccc1)NC(=O)[C@H](Cc1c[nH]cn1)NC(=O)OCc1ccccc1. The molecule has 0 radical (unpaired) electrons. The molecule has 0 saturated carbocycles. The monoisotopic (exact) mass is 619 g/mol. The van der Waals surface area contributed by atoms with Gasteiger partial charge in [0.1, 0.15) is 24.3 Å². The summed E-state index contributed by atoms with van der Waals surface area (Å²) in [6.45, 7) is 5.51. The van der Waals surface area contributed by atoms with E-state index >= 15 is 0 Å². The van der Waals surface area contributed by atoms with Gasteiger partial charge in [-0.1, -0.05) is 60.7 Å². The second-order valence-electron chi connectivity index (χ2n) is 12.0. The number of H-pyrrole nitrogens is 1. The molecule has 12 nitrogen and oxygen atoms in total. The Kier molecular flexibility index (Phi) is 11.3. The first-order valence-electron chi connectivity index (χ1n) is 15.0. The number of amides is 3. The molecule has 0 bridgehead atoms. The number of hydrogen-bond acceptors (Lipinski definition) is 8. The summed E-state index contributed by atoms with van der Waals surface area (Å²) in [7, 11) is 0. The second kappa shape index (κ2) is 15.3. The van der Waals surface area contributed by atoms with Crippen molar-refractivity contribution in [3.8, 4) is 0 Å². The topological polar surface area (TPSA) is 163 Å². The van der Waals surface area contributed by atoms with Gasteiger partial charge in [0.25, 0.3) is 5.91 Å². The zero-order chi connectivity index (χ0) is 32.4. The van der Waals surface area contributed by atoms with Crippen LogP contribution in [0.25, 0.3) is 0 Å². The van der Waals surface area contributed by atoms with Gasteiger partial charge in [0, 0.05) is 19.2 Å². The minimum absolute atomic E-state index is 0.00190. The normalized spacial score (nSPS) is 16.7. The number of carbonyl (C=O) groups is 4. The average Bonchev–Trinajstić information content (AvgIpc) is 3.72. The number of nitrogens with one attached hydrogen (secondary N) is 3. The highest BCUT2D eigenvalue weighted by molar-refractivity contribution is 5.90. The van der Waals surface area contributed by atoms with Gasteiger partial charge in [0.2, 0.25) is 5.91 Å². The molecule has 4 atom stereocenters. The predicted octanol–water partition coefficient (Wildman–Crippen LogP) is 2.67. The van der Waals surface area contributed by atoms with Gasteiger partial charge in [-0.3, -0.25) is 9.59 Å². The van der Waals surface area contributed by atoms with Crippen LogP contribution in [0.4, 0.5) is 4.79 Å². The Hall–Kier alpha value is -4.71. The van der Waals surface area contributed by atoms with Gasteiger partial charge in [0.05, 0.1) is 18.1 Å². The van der Waals surface area contributed by atoms with Gasteiger partial charge in [-0.15, -0.1) is 0 Å². The number of rotatable bonds is 12. The highest BCUT2D eigenvalue weighted by Gasteiger charge is 2.41. The fraction of sp³-hybridized carbons (Fsp3) is 0.424. The Morgan fingerprint density at radius 1 is 1.00 bits per heavy atom. The number of hydrogen-bond donors (Lipinski definition) is 4. The summed E-state index contributed by atoms with van der Waals surface area (Å²) in [6, 6.07) is 15.1. The lowest BCUT2D eigenvalue weighted by Gasteiger charge is -2.32. The molecule has 4 N–H and O–H groups in total. The molecule has 1 aromatic heterocycles. The van der Waals surface area contributed by atoms with Crippen molar-refractivity contribution >= 4 is 23.9 Å². The summed E-state index contributed by atoms with van der Waals surface area (Å²) in [6.07, 6.45) is 1.65. The number of carbonyl (C=O) groups excluding carboxylic acids is 4. The Bertz CT molecular complexity index is 1410. The molecular formula is C33H41N5O7. The largest absolute Gasteiger partial charge is 0.458 e. The molecule has 1 saturated heterocycles. The van der Waals surface area contributed by atoms with Crippen molar-refractivity contribution in [3.05, 3.63) is 90.0 Å². The third-order valence-corrected chi connectivity index (χ3v) is 7.26. The maximum atomic E-state index is 13.7. The van der Waals surface area contributed by atoms with Crippen LogP contribution >= 0.6 is 0 Å². The maximum Gasteiger partial charge on any atom is 0.408 e. The molecule has 240 valence electrons. The number of imidazole rings is 1. The molecular weight excluding hydrogens is 578 g/mol. The van der Waals surface area contributed by atoms with Crippen LogP contribution in [0.5, 0.6) is 0 Å². The quantitative estimate of drug-likeness (QED) is 0.225. The van der Waals surface area contributed by atoms with E-state index in [0.29, 0.717) is 18.5 Å². The zero-order valence-corrected chi connectivity index (χ0v) is 25.8. The number of aromatic nitrogens is 2. The summed E-state index contributed by atoms with van der Waals surface area (Å²) in [4.78, 5) is 61.4. The molecule has 1 fully saturated rings. The van der Waals surface area contributed by atoms with E-state index in [9.17, 15) is 24.3 Å². The number of aliphatic hydroxyl groups excluding tert-OH is 1. The molecule has 2 aromatic carbocycles. The molecule has 2 unspecified atom stereocenters. The van der Waals surface area contributed by atoms with E-state index in [1.165, 1.54) is 11.2 Å². The smallest absolute Gasteiger partial charge is 0.408 e. The highest BCUT2D eigenvalue weighted by Crippen LogP contribution is 2.23. The molecule has 2 heterocycles. The Morgan fingerprint density at radius 3 is 2.29 bits per heavy atom. The van der Waals surface area contributed by atoms with Crippen LogP contribution in [0, 0.1) is 0 Å². The first-order valence-corrected chi connectivity index (χ1v) is 15.0. The minimum atomic E-state index is -1.69. The first-order chi connectivity index (χ1) is 21.5. The van der Waals surface area contributed by atoms with E-state index in [0.717, 1.165) is 11.1 Å². The van der Waals surface area contributed by atoms with Crippen molar-refractivity contribution in [1.29, 1.82) is 0 Å². The molecule has 3 aromatic rings. The van der Waals surface area contributed by atoms with Crippen LogP contribution in [0.15, 0.2) is 73.2 Å². The van der Waals surface area contributed by atoms with Crippen molar-refractivity contribution in [2.75, 3.05) is 6.54 Å². The predicted molar refractivity (Wildman–Crippen MR) is 165 cm³/mol. The molecule has 1 aliphatic heterocycles. The van der Waals surface area contributed by atoms with E-state index in [4.69, 9.17) is 9.47 Å². The number of alkyl carbamates (subject to hydrolysis) is 1. The van der Waals surface area contributed by atoms with Crippen molar-refractivity contribution in [1.82, 2.24) is 25.5 Å². The third kappa shape index (κ3) is 9.90. The molecule has 4 rings (SSSR count). The molecule has 0 spiro atoms. The van der Waals surface area contributed by atoms with E-state index in [2.05, 4.69) is 20.6 Å². The Balaban J connectivity index is 1.51. The number of ether oxygens (including phenoxy) is 2. The average molecular weight is 620 g/mol. The van der Waals surface area contributed by atoms with Gasteiger partial charge in [-0.25, -0.2) is 14.6 Å². The summed E-state index contributed by atoms with van der Waals surface area (Å²) in [5.74, 6) is -1.88. The number of nitrogens with zero attached hydrogens (tertiary/aromatic N) is 2. The van der Waals surface area contributed by atoms with Crippen LogP contribution in [-0.2, 0) is 43.3 Å². The van der Waals surface area contributed by atoms with Crippen molar-refractivity contribution in [2.45, 2.75) is 82.9 Å². The lowest BCUT2D eigenvalue weighted by Crippen LogP contribution is -2.58. The van der Waals surface area contributed by atoms with Crippen LogP contribution in [0.2, 0.25) is 0 Å². The summed E-state index contributed by atoms with van der Waals surface area (Å²) in [5.41, 5.74) is 1.30. The van der Waals surface area contributed by atoms with Crippen molar-refractivity contribution in [2.24, 2.45) is 0 Å². The number of aromatic amines is 1. The zero-order valence-electron chi connectivity index (χ0n) is 25.8. The summed E-state index contributed by atoms with van der Waals surface area (Å²) in [5, 5.41) is 16.8. The second-order valence-corrected chi connectivity index (χ2v) is 12.0. The molecule has 3 amide bonds. The summed E-state index contributed by atoms with van der Waals surface area (Å²) < 4.78 is 10.9. The molecule has 0 aliphatic carbocycles. The molecule has 12 heteroatoms. The summed E-state index contributed by atoms with van der Waals surface area (Å²) >= 11 is 0. The Labute approximate surface area is 262 Å². The number of esters is 1. The van der Waals surface area contributed by atoms with Gasteiger partial charge < -0.3 is 35.1 Å². The van der Waals surface area contributed by atoms with E-state index in [1.54, 1.807) is 27.0 Å². The van der Waals surface area contributed by atoms with E-state index in [1.807, 2.05) is 60.7 Å². The van der Waals surface area contributed by atoms with Crippen molar-refractivity contribution in [3.63, 3.8) is 0 Å². The Morgan fingerprint density at radius 2 is 1.67 bits per heavy atom. The third-order valence-electron chi connectivity index (χ3n) is 7.26. The number of likely N-dealkylation sites (tertiary alicyclic amines) is 1. The molecule has 45 heavy (non-hydrogen) atoms. The number of aliphatic hydroxyl groups is 1. The van der Waals surface area contributed by atoms with Gasteiger partial charge in [-0.2, -0.15) is 0 Å². The molecule has 1 aliphatic rings. The first kappa shape index (κ1) is 33.2. The van der Waals surface area contributed by atoms with Crippen LogP contribution in [0.1, 0.15) is 50.4 Å². The minimum Gasteiger partial charge on any atom is -0.458 e. The fourth-order valence-corrected chi connectivity index (χ4v) is 5.11. The lowest BCUT2D eigenvalue weighted by atomic mass is 9.99. The lowest BCUT2D eigenvalue weighted by molar-refractivity contribution is -0.165. The van der Waals surface area contributed by atoms with Gasteiger partial charge in [0.15, 0.2) is 6.10 Å². The van der Waals surface area contributed by atoms with Gasteiger partial charge >= 0.3 is 12.1 Å². The van der Waals surface area contributed by atoms with E-state index < -0.39 is 53.7 Å².